The number of anilines is 1. The summed E-state index contributed by atoms with van der Waals surface area (Å²) in [6.45, 7) is 9.31. The van der Waals surface area contributed by atoms with E-state index < -0.39 is 0 Å². The van der Waals surface area contributed by atoms with Crippen LogP contribution in [0.2, 0.25) is 0 Å². The third-order valence-electron chi connectivity index (χ3n) is 4.55. The summed E-state index contributed by atoms with van der Waals surface area (Å²) in [7, 11) is 0. The van der Waals surface area contributed by atoms with Gasteiger partial charge in [0.15, 0.2) is 0 Å². The van der Waals surface area contributed by atoms with Crippen molar-refractivity contribution in [2.24, 2.45) is 0 Å². The molecule has 1 amide bonds. The molecule has 4 nitrogen and oxygen atoms in total. The normalized spacial score (nSPS) is 18.5. The fraction of sp³-hybridized carbons (Fsp3) is 0.471. The number of para-hydroxylation sites is 1. The van der Waals surface area contributed by atoms with E-state index in [1.807, 2.05) is 11.8 Å². The van der Waals surface area contributed by atoms with Crippen LogP contribution in [0.1, 0.15) is 12.5 Å². The van der Waals surface area contributed by atoms with Crippen LogP contribution in [0.25, 0.3) is 0 Å². The molecule has 4 heteroatoms. The Morgan fingerprint density at radius 1 is 1.10 bits per heavy atom. The Balaban J connectivity index is 1.63. The summed E-state index contributed by atoms with van der Waals surface area (Å²) in [5.41, 5.74) is 4.80. The topological polar surface area (TPSA) is 35.6 Å². The second kappa shape index (κ2) is 5.90. The van der Waals surface area contributed by atoms with Crippen LogP contribution in [-0.2, 0) is 4.79 Å². The van der Waals surface area contributed by atoms with Crippen LogP contribution in [0.4, 0.5) is 5.69 Å². The van der Waals surface area contributed by atoms with Gasteiger partial charge in [-0.15, -0.1) is 0 Å². The second-order valence-electron chi connectivity index (χ2n) is 5.90. The average molecular weight is 285 g/mol. The lowest BCUT2D eigenvalue weighted by Gasteiger charge is -2.37. The average Bonchev–Trinajstić information content (AvgIpc) is 2.45. The number of amides is 1. The maximum atomic E-state index is 12.5. The quantitative estimate of drug-likeness (QED) is 0.838. The molecule has 112 valence electrons. The van der Waals surface area contributed by atoms with Gasteiger partial charge in [-0.1, -0.05) is 18.2 Å². The Morgan fingerprint density at radius 3 is 2.33 bits per heavy atom. The minimum Gasteiger partial charge on any atom is -0.368 e. The highest BCUT2D eigenvalue weighted by Gasteiger charge is 2.25. The fourth-order valence-corrected chi connectivity index (χ4v) is 2.97. The molecule has 1 aromatic rings. The van der Waals surface area contributed by atoms with Crippen LogP contribution in [-0.4, -0.2) is 50.1 Å². The van der Waals surface area contributed by atoms with E-state index in [0.717, 1.165) is 44.8 Å². The van der Waals surface area contributed by atoms with Gasteiger partial charge in [0.1, 0.15) is 0 Å². The standard InChI is InChI=1S/C17H23N3O/c1-13-5-3-4-6-16(13)19-7-9-20(10-8-19)17(21)14(2)15-11-18-12-15/h3-6,18H,7-12H2,1-2H3. The molecule has 0 aliphatic carbocycles. The van der Waals surface area contributed by atoms with Gasteiger partial charge < -0.3 is 15.1 Å². The third kappa shape index (κ3) is 2.81. The number of nitrogens with one attached hydrogen (secondary N) is 1. The van der Waals surface area contributed by atoms with Crippen LogP contribution >= 0.6 is 0 Å². The molecular weight excluding hydrogens is 262 g/mol. The molecule has 0 bridgehead atoms. The first-order valence-corrected chi connectivity index (χ1v) is 7.66. The van der Waals surface area contributed by atoms with Crippen LogP contribution in [0, 0.1) is 6.92 Å². The van der Waals surface area contributed by atoms with Gasteiger partial charge in [0, 0.05) is 50.5 Å². The number of benzene rings is 1. The number of aryl methyl sites for hydroxylation is 1. The van der Waals surface area contributed by atoms with Gasteiger partial charge in [0.05, 0.1) is 0 Å². The van der Waals surface area contributed by atoms with E-state index in [-0.39, 0.29) is 5.91 Å². The Hall–Kier alpha value is -1.81. The van der Waals surface area contributed by atoms with Gasteiger partial charge >= 0.3 is 0 Å². The Morgan fingerprint density at radius 2 is 1.76 bits per heavy atom. The first kappa shape index (κ1) is 14.1. The summed E-state index contributed by atoms with van der Waals surface area (Å²) in [5, 5.41) is 3.20. The van der Waals surface area contributed by atoms with E-state index >= 15 is 0 Å². The smallest absolute Gasteiger partial charge is 0.249 e. The van der Waals surface area contributed by atoms with Crippen molar-refractivity contribution in [1.29, 1.82) is 0 Å². The van der Waals surface area contributed by atoms with Crippen molar-refractivity contribution in [2.45, 2.75) is 13.8 Å². The molecule has 2 aliphatic heterocycles. The van der Waals surface area contributed by atoms with Gasteiger partial charge in [-0.05, 0) is 31.1 Å². The molecule has 2 fully saturated rings. The predicted molar refractivity (Wildman–Crippen MR) is 85.5 cm³/mol. The van der Waals surface area contributed by atoms with Crippen molar-refractivity contribution in [3.05, 3.63) is 41.0 Å². The zero-order chi connectivity index (χ0) is 14.8. The van der Waals surface area contributed by atoms with Gasteiger partial charge in [0.25, 0.3) is 0 Å². The van der Waals surface area contributed by atoms with Crippen molar-refractivity contribution >= 4 is 11.6 Å². The maximum Gasteiger partial charge on any atom is 0.249 e. The summed E-state index contributed by atoms with van der Waals surface area (Å²) >= 11 is 0. The lowest BCUT2D eigenvalue weighted by Crippen LogP contribution is -2.50. The summed E-state index contributed by atoms with van der Waals surface area (Å²) < 4.78 is 0. The van der Waals surface area contributed by atoms with Crippen molar-refractivity contribution in [1.82, 2.24) is 10.2 Å². The summed E-state index contributed by atoms with van der Waals surface area (Å²) in [5.74, 6) is 0.218. The molecule has 0 aromatic heterocycles. The molecule has 1 N–H and O–H groups in total. The first-order chi connectivity index (χ1) is 10.2. The number of nitrogens with zero attached hydrogens (tertiary/aromatic N) is 2. The number of hydrogen-bond acceptors (Lipinski definition) is 3. The fourth-order valence-electron chi connectivity index (χ4n) is 2.97. The number of rotatable bonds is 2. The highest BCUT2D eigenvalue weighted by Crippen LogP contribution is 2.21. The first-order valence-electron chi connectivity index (χ1n) is 7.66. The van der Waals surface area contributed by atoms with E-state index in [1.54, 1.807) is 0 Å². The van der Waals surface area contributed by atoms with Crippen molar-refractivity contribution in [3.63, 3.8) is 0 Å². The lowest BCUT2D eigenvalue weighted by molar-refractivity contribution is -0.127. The largest absolute Gasteiger partial charge is 0.368 e. The summed E-state index contributed by atoms with van der Waals surface area (Å²) in [4.78, 5) is 16.8. The molecule has 2 aliphatic rings. The zero-order valence-electron chi connectivity index (χ0n) is 12.9. The molecule has 1 aromatic carbocycles. The van der Waals surface area contributed by atoms with Crippen LogP contribution in [0.15, 0.2) is 35.4 Å². The van der Waals surface area contributed by atoms with E-state index in [1.165, 1.54) is 16.8 Å². The van der Waals surface area contributed by atoms with Gasteiger partial charge in [0.2, 0.25) is 5.91 Å². The molecular formula is C17H23N3O. The molecule has 0 spiro atoms. The molecule has 2 saturated heterocycles. The number of hydrogen-bond donors (Lipinski definition) is 1. The molecule has 0 radical (unpaired) electrons. The Labute approximate surface area is 126 Å². The third-order valence-corrected chi connectivity index (χ3v) is 4.55. The molecule has 0 saturated carbocycles. The van der Waals surface area contributed by atoms with E-state index in [2.05, 4.69) is 41.4 Å². The van der Waals surface area contributed by atoms with Crippen LogP contribution < -0.4 is 10.2 Å². The minimum absolute atomic E-state index is 0.218. The highest BCUT2D eigenvalue weighted by atomic mass is 16.2. The lowest BCUT2D eigenvalue weighted by atomic mass is 10.0. The Bertz CT molecular complexity index is 565. The SMILES string of the molecule is CC(C(=O)N1CCN(c2ccccc2C)CC1)=C1CNC1. The van der Waals surface area contributed by atoms with Gasteiger partial charge in [-0.3, -0.25) is 4.79 Å². The van der Waals surface area contributed by atoms with E-state index in [9.17, 15) is 4.79 Å². The number of carbonyl (C=O) groups is 1. The molecule has 0 atom stereocenters. The van der Waals surface area contributed by atoms with Crippen molar-refractivity contribution < 1.29 is 4.79 Å². The molecule has 2 heterocycles. The predicted octanol–water partition coefficient (Wildman–Crippen LogP) is 1.56. The molecule has 3 rings (SSSR count). The van der Waals surface area contributed by atoms with Gasteiger partial charge in [-0.2, -0.15) is 0 Å². The van der Waals surface area contributed by atoms with Crippen LogP contribution in [0.5, 0.6) is 0 Å². The number of piperazine rings is 1. The molecule has 21 heavy (non-hydrogen) atoms. The van der Waals surface area contributed by atoms with E-state index in [0.29, 0.717) is 0 Å². The monoisotopic (exact) mass is 285 g/mol. The Kier molecular flexibility index (Phi) is 3.97. The minimum atomic E-state index is 0.218. The van der Waals surface area contributed by atoms with Crippen molar-refractivity contribution in [2.75, 3.05) is 44.2 Å². The molecule has 0 unspecified atom stereocenters. The number of carbonyl (C=O) groups excluding carboxylic acids is 1. The zero-order valence-corrected chi connectivity index (χ0v) is 12.9. The van der Waals surface area contributed by atoms with Crippen LogP contribution in [0.3, 0.4) is 0 Å². The maximum absolute atomic E-state index is 12.5. The second-order valence-corrected chi connectivity index (χ2v) is 5.90. The van der Waals surface area contributed by atoms with Crippen molar-refractivity contribution in [3.8, 4) is 0 Å². The van der Waals surface area contributed by atoms with E-state index in [4.69, 9.17) is 0 Å². The highest BCUT2D eigenvalue weighted by molar-refractivity contribution is 5.94. The summed E-state index contributed by atoms with van der Waals surface area (Å²) in [6, 6.07) is 8.46. The van der Waals surface area contributed by atoms with Gasteiger partial charge in [-0.25, -0.2) is 0 Å². The summed E-state index contributed by atoms with van der Waals surface area (Å²) in [6.07, 6.45) is 0.